The van der Waals surface area contributed by atoms with Crippen molar-refractivity contribution in [1.29, 1.82) is 0 Å². The average Bonchev–Trinajstić information content (AvgIpc) is 2.30. The van der Waals surface area contributed by atoms with Crippen molar-refractivity contribution in [2.45, 2.75) is 19.3 Å². The number of hydrogen-bond donors (Lipinski definition) is 0. The van der Waals surface area contributed by atoms with Gasteiger partial charge >= 0.3 is 0 Å². The Labute approximate surface area is 89.8 Å². The molecule has 0 aliphatic heterocycles. The lowest BCUT2D eigenvalue weighted by Gasteiger charge is -2.23. The smallest absolute Gasteiger partial charge is 0.0739 e. The van der Waals surface area contributed by atoms with E-state index in [1.807, 2.05) is 12.3 Å². The summed E-state index contributed by atoms with van der Waals surface area (Å²) in [5.41, 5.74) is 5.30. The molecule has 74 valence electrons. The van der Waals surface area contributed by atoms with Gasteiger partial charge in [-0.25, -0.2) is 0 Å². The molecule has 0 saturated carbocycles. The van der Waals surface area contributed by atoms with Crippen LogP contribution in [-0.4, -0.2) is 4.98 Å². The lowest BCUT2D eigenvalue weighted by Crippen LogP contribution is -2.09. The highest BCUT2D eigenvalue weighted by Gasteiger charge is 2.21. The van der Waals surface area contributed by atoms with Crippen molar-refractivity contribution in [2.75, 3.05) is 0 Å². The molecule has 1 aromatic carbocycles. The molecule has 3 rings (SSSR count). The molecule has 0 saturated heterocycles. The Balaban J connectivity index is 2.30. The van der Waals surface area contributed by atoms with Crippen molar-refractivity contribution in [3.8, 4) is 11.3 Å². The molecule has 1 aliphatic rings. The van der Waals surface area contributed by atoms with Gasteiger partial charge in [0.2, 0.25) is 0 Å². The monoisotopic (exact) mass is 195 g/mol. The fourth-order valence-electron chi connectivity index (χ4n) is 2.41. The molecule has 1 heteroatoms. The van der Waals surface area contributed by atoms with Crippen LogP contribution >= 0.6 is 0 Å². The summed E-state index contributed by atoms with van der Waals surface area (Å²) in [6.45, 7) is 2.27. The van der Waals surface area contributed by atoms with Crippen LogP contribution in [0.25, 0.3) is 11.3 Å². The van der Waals surface area contributed by atoms with Crippen LogP contribution in [0.15, 0.2) is 42.6 Å². The molecule has 1 heterocycles. The molecule has 0 N–H and O–H groups in total. The third kappa shape index (κ3) is 1.27. The molecule has 1 unspecified atom stereocenters. The zero-order chi connectivity index (χ0) is 10.3. The Hall–Kier alpha value is -1.63. The summed E-state index contributed by atoms with van der Waals surface area (Å²) in [6.07, 6.45) is 3.02. The molecule has 0 amide bonds. The molecule has 0 bridgehead atoms. The van der Waals surface area contributed by atoms with E-state index in [2.05, 4.69) is 42.2 Å². The predicted octanol–water partition coefficient (Wildman–Crippen LogP) is 3.41. The summed E-state index contributed by atoms with van der Waals surface area (Å²) in [4.78, 5) is 4.51. The molecule has 1 aromatic heterocycles. The first kappa shape index (κ1) is 8.66. The average molecular weight is 195 g/mol. The molecule has 1 atom stereocenters. The molecular formula is C14H13N. The van der Waals surface area contributed by atoms with E-state index in [1.165, 1.54) is 22.4 Å². The molecule has 0 radical (unpaired) electrons. The third-order valence-electron chi connectivity index (χ3n) is 3.17. The van der Waals surface area contributed by atoms with Crippen molar-refractivity contribution < 1.29 is 0 Å². The highest BCUT2D eigenvalue weighted by Crippen LogP contribution is 2.37. The fraction of sp³-hybridized carbons (Fsp3) is 0.214. The predicted molar refractivity (Wildman–Crippen MR) is 61.8 cm³/mol. The van der Waals surface area contributed by atoms with Gasteiger partial charge in [0.05, 0.1) is 5.69 Å². The number of nitrogens with zero attached hydrogens (tertiary/aromatic N) is 1. The first-order valence-corrected chi connectivity index (χ1v) is 5.39. The lowest BCUT2D eigenvalue weighted by molar-refractivity contribution is 0.743. The van der Waals surface area contributed by atoms with E-state index in [4.69, 9.17) is 0 Å². The van der Waals surface area contributed by atoms with E-state index in [9.17, 15) is 0 Å². The normalized spacial score (nSPS) is 18.1. The maximum Gasteiger partial charge on any atom is 0.0739 e. The summed E-state index contributed by atoms with van der Waals surface area (Å²) in [5.74, 6) is 0.587. The maximum atomic E-state index is 4.51. The second-order valence-electron chi connectivity index (χ2n) is 4.20. The van der Waals surface area contributed by atoms with Crippen LogP contribution < -0.4 is 0 Å². The summed E-state index contributed by atoms with van der Waals surface area (Å²) in [5, 5.41) is 0. The Morgan fingerprint density at radius 3 is 2.93 bits per heavy atom. The van der Waals surface area contributed by atoms with Crippen LogP contribution in [0.5, 0.6) is 0 Å². The van der Waals surface area contributed by atoms with E-state index < -0.39 is 0 Å². The first-order valence-electron chi connectivity index (χ1n) is 5.39. The molecular weight excluding hydrogens is 182 g/mol. The van der Waals surface area contributed by atoms with Gasteiger partial charge in [0.15, 0.2) is 0 Å². The largest absolute Gasteiger partial charge is 0.256 e. The summed E-state index contributed by atoms with van der Waals surface area (Å²) in [7, 11) is 0. The lowest BCUT2D eigenvalue weighted by atomic mass is 9.82. The van der Waals surface area contributed by atoms with Crippen LogP contribution in [0.1, 0.15) is 24.0 Å². The zero-order valence-corrected chi connectivity index (χ0v) is 8.77. The Morgan fingerprint density at radius 1 is 1.13 bits per heavy atom. The van der Waals surface area contributed by atoms with Crippen molar-refractivity contribution in [2.24, 2.45) is 0 Å². The first-order chi connectivity index (χ1) is 7.36. The highest BCUT2D eigenvalue weighted by atomic mass is 14.7. The fourth-order valence-corrected chi connectivity index (χ4v) is 2.41. The second kappa shape index (κ2) is 3.20. The highest BCUT2D eigenvalue weighted by molar-refractivity contribution is 5.70. The van der Waals surface area contributed by atoms with Crippen molar-refractivity contribution in [3.63, 3.8) is 0 Å². The maximum absolute atomic E-state index is 4.51. The van der Waals surface area contributed by atoms with Gasteiger partial charge in [0, 0.05) is 11.8 Å². The van der Waals surface area contributed by atoms with Gasteiger partial charge in [-0.1, -0.05) is 37.3 Å². The summed E-state index contributed by atoms with van der Waals surface area (Å²) >= 11 is 0. The molecule has 1 aliphatic carbocycles. The zero-order valence-electron chi connectivity index (χ0n) is 8.77. The van der Waals surface area contributed by atoms with Crippen LogP contribution in [-0.2, 0) is 6.42 Å². The van der Waals surface area contributed by atoms with E-state index in [0.29, 0.717) is 5.92 Å². The standard InChI is InChI=1S/C14H13N/c1-10-9-11-5-2-3-6-13(11)14-12(10)7-4-8-15-14/h2-8,10H,9H2,1H3. The summed E-state index contributed by atoms with van der Waals surface area (Å²) in [6, 6.07) is 12.8. The number of benzene rings is 1. The molecule has 1 nitrogen and oxygen atoms in total. The number of aromatic nitrogens is 1. The van der Waals surface area contributed by atoms with Gasteiger partial charge in [-0.2, -0.15) is 0 Å². The van der Waals surface area contributed by atoms with Crippen LogP contribution in [0.4, 0.5) is 0 Å². The molecule has 15 heavy (non-hydrogen) atoms. The summed E-state index contributed by atoms with van der Waals surface area (Å²) < 4.78 is 0. The van der Waals surface area contributed by atoms with Gasteiger partial charge in [0.25, 0.3) is 0 Å². The van der Waals surface area contributed by atoms with Gasteiger partial charge in [-0.3, -0.25) is 4.98 Å². The van der Waals surface area contributed by atoms with Crippen LogP contribution in [0.3, 0.4) is 0 Å². The van der Waals surface area contributed by atoms with Gasteiger partial charge in [0.1, 0.15) is 0 Å². The van der Waals surface area contributed by atoms with E-state index >= 15 is 0 Å². The minimum absolute atomic E-state index is 0.587. The Bertz CT molecular complexity index is 502. The Kier molecular flexibility index (Phi) is 1.84. The number of fused-ring (bicyclic) bond motifs is 3. The molecule has 2 aromatic rings. The number of pyridine rings is 1. The quantitative estimate of drug-likeness (QED) is 0.627. The van der Waals surface area contributed by atoms with Crippen molar-refractivity contribution in [3.05, 3.63) is 53.7 Å². The SMILES string of the molecule is CC1Cc2ccccc2-c2ncccc21. The van der Waals surface area contributed by atoms with Gasteiger partial charge in [-0.05, 0) is 29.5 Å². The topological polar surface area (TPSA) is 12.9 Å². The minimum atomic E-state index is 0.587. The Morgan fingerprint density at radius 2 is 2.00 bits per heavy atom. The molecule has 0 spiro atoms. The minimum Gasteiger partial charge on any atom is -0.256 e. The van der Waals surface area contributed by atoms with E-state index in [-0.39, 0.29) is 0 Å². The van der Waals surface area contributed by atoms with Crippen molar-refractivity contribution >= 4 is 0 Å². The third-order valence-corrected chi connectivity index (χ3v) is 3.17. The van der Waals surface area contributed by atoms with E-state index in [1.54, 1.807) is 0 Å². The van der Waals surface area contributed by atoms with Crippen LogP contribution in [0, 0.1) is 0 Å². The van der Waals surface area contributed by atoms with E-state index in [0.717, 1.165) is 6.42 Å². The molecule has 0 fully saturated rings. The van der Waals surface area contributed by atoms with Crippen LogP contribution in [0.2, 0.25) is 0 Å². The second-order valence-corrected chi connectivity index (χ2v) is 4.20. The van der Waals surface area contributed by atoms with Gasteiger partial charge in [-0.15, -0.1) is 0 Å². The number of rotatable bonds is 0. The van der Waals surface area contributed by atoms with Gasteiger partial charge < -0.3 is 0 Å². The number of hydrogen-bond acceptors (Lipinski definition) is 1. The van der Waals surface area contributed by atoms with Crippen molar-refractivity contribution in [1.82, 2.24) is 4.98 Å².